The van der Waals surface area contributed by atoms with E-state index in [-0.39, 0.29) is 5.78 Å². The number of ether oxygens (including phenoxy) is 4. The summed E-state index contributed by atoms with van der Waals surface area (Å²) in [6.07, 6.45) is 1.80. The van der Waals surface area contributed by atoms with Gasteiger partial charge in [-0.25, -0.2) is 0 Å². The Morgan fingerprint density at radius 3 is 2.07 bits per heavy atom. The zero-order valence-electron chi connectivity index (χ0n) is 18.2. The summed E-state index contributed by atoms with van der Waals surface area (Å²) in [5, 5.41) is 0. The van der Waals surface area contributed by atoms with Gasteiger partial charge in [0.25, 0.3) is 0 Å². The Labute approximate surface area is 172 Å². The maximum absolute atomic E-state index is 13.0. The Balaban J connectivity index is 2.42. The molecule has 0 amide bonds. The average molecular weight is 399 g/mol. The lowest BCUT2D eigenvalue weighted by Crippen LogP contribution is -2.12. The van der Waals surface area contributed by atoms with Crippen LogP contribution in [0.5, 0.6) is 23.0 Å². The number of carbonyl (C=O) groups is 1. The van der Waals surface area contributed by atoms with Crippen LogP contribution in [0.15, 0.2) is 35.9 Å². The molecule has 0 saturated heterocycles. The SMILES string of the molecule is CCOc1ccc(C(=O)/C(C)=C/c2cc(OC)c(OC)c(OC)c2)cc1N(C)C. The summed E-state index contributed by atoms with van der Waals surface area (Å²) in [6, 6.07) is 9.08. The highest BCUT2D eigenvalue weighted by Gasteiger charge is 2.16. The van der Waals surface area contributed by atoms with Crippen molar-refractivity contribution in [2.45, 2.75) is 13.8 Å². The van der Waals surface area contributed by atoms with E-state index in [0.717, 1.165) is 17.0 Å². The van der Waals surface area contributed by atoms with Crippen molar-refractivity contribution in [3.8, 4) is 23.0 Å². The molecule has 2 aromatic rings. The molecule has 29 heavy (non-hydrogen) atoms. The van der Waals surface area contributed by atoms with Crippen LogP contribution < -0.4 is 23.8 Å². The molecule has 0 aliphatic rings. The van der Waals surface area contributed by atoms with Crippen molar-refractivity contribution >= 4 is 17.5 Å². The number of ketones is 1. The van der Waals surface area contributed by atoms with E-state index in [1.165, 1.54) is 0 Å². The fourth-order valence-electron chi connectivity index (χ4n) is 3.01. The number of hydrogen-bond donors (Lipinski definition) is 0. The van der Waals surface area contributed by atoms with E-state index in [0.29, 0.717) is 35.0 Å². The van der Waals surface area contributed by atoms with Crippen molar-refractivity contribution in [1.82, 2.24) is 0 Å². The van der Waals surface area contributed by atoms with Crippen molar-refractivity contribution in [3.63, 3.8) is 0 Å². The highest BCUT2D eigenvalue weighted by atomic mass is 16.5. The smallest absolute Gasteiger partial charge is 0.203 e. The molecular formula is C23H29NO5. The van der Waals surface area contributed by atoms with Crippen LogP contribution >= 0.6 is 0 Å². The Hall–Kier alpha value is -3.15. The molecule has 0 N–H and O–H groups in total. The van der Waals surface area contributed by atoms with Crippen molar-refractivity contribution in [1.29, 1.82) is 0 Å². The first kappa shape index (κ1) is 22.1. The van der Waals surface area contributed by atoms with Crippen molar-refractivity contribution < 1.29 is 23.7 Å². The number of Topliss-reactive ketones (excluding diaryl/α,β-unsaturated/α-hetero) is 1. The predicted molar refractivity (Wildman–Crippen MR) is 116 cm³/mol. The minimum absolute atomic E-state index is 0.0649. The molecule has 156 valence electrons. The van der Waals surface area contributed by atoms with Crippen molar-refractivity contribution in [2.24, 2.45) is 0 Å². The van der Waals surface area contributed by atoms with Gasteiger partial charge in [0, 0.05) is 19.7 Å². The number of benzene rings is 2. The second kappa shape index (κ2) is 9.87. The van der Waals surface area contributed by atoms with Crippen LogP contribution in [0.4, 0.5) is 5.69 Å². The average Bonchev–Trinajstić information content (AvgIpc) is 2.72. The molecule has 6 heteroatoms. The van der Waals surface area contributed by atoms with Gasteiger partial charge in [-0.2, -0.15) is 0 Å². The van der Waals surface area contributed by atoms with E-state index < -0.39 is 0 Å². The number of anilines is 1. The molecule has 0 fully saturated rings. The first-order chi connectivity index (χ1) is 13.9. The van der Waals surface area contributed by atoms with Crippen LogP contribution in [-0.2, 0) is 0 Å². The van der Waals surface area contributed by atoms with Gasteiger partial charge in [-0.15, -0.1) is 0 Å². The lowest BCUT2D eigenvalue weighted by Gasteiger charge is -2.18. The summed E-state index contributed by atoms with van der Waals surface area (Å²) >= 11 is 0. The van der Waals surface area contributed by atoms with Crippen LogP contribution in [0.3, 0.4) is 0 Å². The molecule has 0 aliphatic heterocycles. The molecule has 0 saturated carbocycles. The lowest BCUT2D eigenvalue weighted by atomic mass is 10.0. The molecule has 0 spiro atoms. The number of allylic oxidation sites excluding steroid dienone is 1. The van der Waals surface area contributed by atoms with E-state index in [1.807, 2.05) is 50.2 Å². The molecule has 2 aromatic carbocycles. The van der Waals surface area contributed by atoms with Crippen LogP contribution in [-0.4, -0.2) is 47.8 Å². The van der Waals surface area contributed by atoms with Crippen LogP contribution in [0.2, 0.25) is 0 Å². The fourth-order valence-corrected chi connectivity index (χ4v) is 3.01. The highest BCUT2D eigenvalue weighted by molar-refractivity contribution is 6.11. The van der Waals surface area contributed by atoms with Gasteiger partial charge >= 0.3 is 0 Å². The van der Waals surface area contributed by atoms with Gasteiger partial charge in [0.05, 0.1) is 33.6 Å². The standard InChI is InChI=1S/C23H29NO5/c1-8-29-19-10-9-17(14-18(19)24(3)4)22(25)15(2)11-16-12-20(26-5)23(28-7)21(13-16)27-6/h9-14H,8H2,1-7H3/b15-11+. The maximum atomic E-state index is 13.0. The summed E-state index contributed by atoms with van der Waals surface area (Å²) in [5.74, 6) is 2.27. The summed E-state index contributed by atoms with van der Waals surface area (Å²) in [5.41, 5.74) is 2.83. The Morgan fingerprint density at radius 2 is 1.59 bits per heavy atom. The molecule has 0 bridgehead atoms. The predicted octanol–water partition coefficient (Wildman–Crippen LogP) is 4.46. The van der Waals surface area contributed by atoms with Gasteiger partial charge in [0.1, 0.15) is 5.75 Å². The number of carbonyl (C=O) groups excluding carboxylic acids is 1. The summed E-state index contributed by atoms with van der Waals surface area (Å²) in [7, 11) is 8.52. The molecule has 0 aliphatic carbocycles. The van der Waals surface area contributed by atoms with Gasteiger partial charge in [0.2, 0.25) is 5.75 Å². The zero-order chi connectivity index (χ0) is 21.6. The molecule has 0 aromatic heterocycles. The zero-order valence-corrected chi connectivity index (χ0v) is 18.2. The topological polar surface area (TPSA) is 57.2 Å². The van der Waals surface area contributed by atoms with Crippen LogP contribution in [0.25, 0.3) is 6.08 Å². The Bertz CT molecular complexity index is 877. The minimum atomic E-state index is -0.0649. The summed E-state index contributed by atoms with van der Waals surface area (Å²) in [4.78, 5) is 14.9. The fraction of sp³-hybridized carbons (Fsp3) is 0.348. The highest BCUT2D eigenvalue weighted by Crippen LogP contribution is 2.39. The van der Waals surface area contributed by atoms with Crippen molar-refractivity contribution in [2.75, 3.05) is 46.9 Å². The van der Waals surface area contributed by atoms with Crippen LogP contribution in [0, 0.1) is 0 Å². The second-order valence-corrected chi connectivity index (χ2v) is 6.63. The number of nitrogens with zero attached hydrogens (tertiary/aromatic N) is 1. The summed E-state index contributed by atoms with van der Waals surface area (Å²) < 4.78 is 21.8. The van der Waals surface area contributed by atoms with Crippen molar-refractivity contribution in [3.05, 3.63) is 47.0 Å². The van der Waals surface area contributed by atoms with Crippen LogP contribution in [0.1, 0.15) is 29.8 Å². The van der Waals surface area contributed by atoms with E-state index in [9.17, 15) is 4.79 Å². The molecule has 0 heterocycles. The second-order valence-electron chi connectivity index (χ2n) is 6.63. The molecular weight excluding hydrogens is 370 g/mol. The van der Waals surface area contributed by atoms with Gasteiger partial charge in [-0.1, -0.05) is 0 Å². The normalized spacial score (nSPS) is 11.1. The quantitative estimate of drug-likeness (QED) is 0.458. The first-order valence-corrected chi connectivity index (χ1v) is 9.33. The maximum Gasteiger partial charge on any atom is 0.203 e. The third-order valence-electron chi connectivity index (χ3n) is 4.43. The lowest BCUT2D eigenvalue weighted by molar-refractivity contribution is 0.103. The number of methoxy groups -OCH3 is 3. The largest absolute Gasteiger partial charge is 0.493 e. The van der Waals surface area contributed by atoms with E-state index >= 15 is 0 Å². The van der Waals surface area contributed by atoms with E-state index in [4.69, 9.17) is 18.9 Å². The molecule has 2 rings (SSSR count). The van der Waals surface area contributed by atoms with Gasteiger partial charge < -0.3 is 23.8 Å². The monoisotopic (exact) mass is 399 g/mol. The third kappa shape index (κ3) is 5.02. The van der Waals surface area contributed by atoms with E-state index in [1.54, 1.807) is 40.4 Å². The molecule has 6 nitrogen and oxygen atoms in total. The van der Waals surface area contributed by atoms with Gasteiger partial charge in [-0.05, 0) is 61.4 Å². The Kier molecular flexibility index (Phi) is 7.53. The summed E-state index contributed by atoms with van der Waals surface area (Å²) in [6.45, 7) is 4.29. The minimum Gasteiger partial charge on any atom is -0.493 e. The van der Waals surface area contributed by atoms with Gasteiger partial charge in [0.15, 0.2) is 17.3 Å². The Morgan fingerprint density at radius 1 is 0.966 bits per heavy atom. The number of hydrogen-bond acceptors (Lipinski definition) is 6. The van der Waals surface area contributed by atoms with E-state index in [2.05, 4.69) is 0 Å². The molecule has 0 atom stereocenters. The third-order valence-corrected chi connectivity index (χ3v) is 4.43. The molecule has 0 unspecified atom stereocenters. The van der Waals surface area contributed by atoms with Gasteiger partial charge in [-0.3, -0.25) is 4.79 Å². The first-order valence-electron chi connectivity index (χ1n) is 9.33. The molecule has 0 radical (unpaired) electrons. The number of rotatable bonds is 9.